The predicted octanol–water partition coefficient (Wildman–Crippen LogP) is 5.98. The van der Waals surface area contributed by atoms with Gasteiger partial charge < -0.3 is 19.2 Å². The topological polar surface area (TPSA) is 89.9 Å². The third-order valence-electron chi connectivity index (χ3n) is 1.74. The molecular weight excluding hydrogens is 504 g/mol. The summed E-state index contributed by atoms with van der Waals surface area (Å²) in [6.07, 6.45) is -2.33. The number of Topliss-reactive ketones (excluding diaryl/α,β-unsaturated/α-hetero) is 2. The molecule has 32 heavy (non-hydrogen) atoms. The van der Waals surface area contributed by atoms with Crippen LogP contribution in [0.25, 0.3) is 0 Å². The van der Waals surface area contributed by atoms with Gasteiger partial charge >= 0.3 is 0 Å². The molecule has 1 aliphatic heterocycles. The molecule has 0 amide bonds. The van der Waals surface area contributed by atoms with Gasteiger partial charge in [0, 0.05) is 39.1 Å². The Morgan fingerprint density at radius 3 is 1.28 bits per heavy atom. The van der Waals surface area contributed by atoms with Gasteiger partial charge in [0.05, 0.1) is 5.71 Å². The molecule has 0 saturated carbocycles. The zero-order valence-corrected chi connectivity index (χ0v) is 24.3. The number of ketones is 3. The van der Waals surface area contributed by atoms with Gasteiger partial charge in [0.1, 0.15) is 17.2 Å². The normalized spacial score (nSPS) is 11.8. The zero-order chi connectivity index (χ0) is 26.4. The molecule has 1 radical (unpaired) electrons. The van der Waals surface area contributed by atoms with Gasteiger partial charge in [-0.2, -0.15) is 6.29 Å². The van der Waals surface area contributed by atoms with E-state index in [1.54, 1.807) is 13.0 Å². The van der Waals surface area contributed by atoms with E-state index in [-0.39, 0.29) is 61.9 Å². The molecule has 6 nitrogen and oxygen atoms in total. The van der Waals surface area contributed by atoms with Crippen molar-refractivity contribution < 1.29 is 69.9 Å². The quantitative estimate of drug-likeness (QED) is 0.300. The van der Waals surface area contributed by atoms with Crippen molar-refractivity contribution in [3.8, 4) is 0 Å². The number of nitrogens with zero attached hydrogens (tertiary/aromatic N) is 1. The number of carbonyl (C=O) groups excluding carboxylic acids is 4. The third-order valence-corrected chi connectivity index (χ3v) is 1.74. The standard InChI is InChI=1S/C6H11NO.C6H10O.2C3H6O.C2F3O.C2H6.Y/c1-5-4-6(2,3)8-7-5;1-5(2)4-6(3)7;2*1-3(2)4;3-2(4,5)1-6;1-2;/h4H2,1-3H3;4H,1-3H3;2*1-2H3;;1-2H3;/q;;;;-1;;. The van der Waals surface area contributed by atoms with Gasteiger partial charge in [0.2, 0.25) is 0 Å². The Morgan fingerprint density at radius 2 is 1.25 bits per heavy atom. The van der Waals surface area contributed by atoms with Gasteiger partial charge in [-0.1, -0.05) is 24.6 Å². The van der Waals surface area contributed by atoms with E-state index in [4.69, 9.17) is 9.63 Å². The van der Waals surface area contributed by atoms with E-state index < -0.39 is 6.18 Å². The van der Waals surface area contributed by atoms with E-state index in [9.17, 15) is 27.6 Å². The van der Waals surface area contributed by atoms with Crippen molar-refractivity contribution >= 4 is 29.3 Å². The fourth-order valence-corrected chi connectivity index (χ4v) is 1.29. The summed E-state index contributed by atoms with van der Waals surface area (Å²) in [5.74, 6) is 0.458. The molecule has 0 bridgehead atoms. The average Bonchev–Trinajstić information content (AvgIpc) is 2.84. The van der Waals surface area contributed by atoms with Gasteiger partial charge in [0.25, 0.3) is 6.18 Å². The number of oxime groups is 1. The summed E-state index contributed by atoms with van der Waals surface area (Å²) in [7, 11) is 0. The van der Waals surface area contributed by atoms with Crippen LogP contribution in [-0.4, -0.2) is 41.1 Å². The first-order chi connectivity index (χ1) is 13.8. The number of carbonyl (C=O) groups is 3. The number of alkyl halides is 3. The fraction of sp³-hybridized carbons (Fsp3) is 0.682. The molecule has 0 atom stereocenters. The van der Waals surface area contributed by atoms with Crippen molar-refractivity contribution in [3.05, 3.63) is 11.6 Å². The Hall–Kier alpha value is -1.22. The van der Waals surface area contributed by atoms with Crippen LogP contribution in [0.4, 0.5) is 13.2 Å². The van der Waals surface area contributed by atoms with Gasteiger partial charge in [-0.3, -0.25) is 4.79 Å². The first-order valence-corrected chi connectivity index (χ1v) is 9.53. The van der Waals surface area contributed by atoms with Crippen LogP contribution in [0.1, 0.15) is 89.5 Å². The fourth-order valence-electron chi connectivity index (χ4n) is 1.29. The molecule has 0 aromatic carbocycles. The Labute approximate surface area is 216 Å². The summed E-state index contributed by atoms with van der Waals surface area (Å²) in [5.41, 5.74) is 2.12. The number of hydrogen-bond acceptors (Lipinski definition) is 6. The van der Waals surface area contributed by atoms with Gasteiger partial charge in [-0.15, -0.1) is 0 Å². The zero-order valence-electron chi connectivity index (χ0n) is 21.5. The molecule has 1 rings (SSSR count). The SMILES string of the molecule is CC.CC(=O)C=C(C)C.CC(C)=O.CC(C)=O.CC1=NOC(C)(C)C1.O=[C-]C(F)(F)F.[Y]. The van der Waals surface area contributed by atoms with Crippen LogP contribution in [0.3, 0.4) is 0 Å². The predicted molar refractivity (Wildman–Crippen MR) is 119 cm³/mol. The summed E-state index contributed by atoms with van der Waals surface area (Å²) in [6, 6.07) is 0. The third kappa shape index (κ3) is 78.9. The van der Waals surface area contributed by atoms with E-state index in [0.29, 0.717) is 0 Å². The summed E-state index contributed by atoms with van der Waals surface area (Å²) >= 11 is 0. The van der Waals surface area contributed by atoms with E-state index >= 15 is 0 Å². The minimum Gasteiger partial charge on any atom is -0.533 e. The first kappa shape index (κ1) is 44.5. The summed E-state index contributed by atoms with van der Waals surface area (Å²) in [5, 5.41) is 3.81. The molecule has 0 unspecified atom stereocenters. The molecule has 0 fully saturated rings. The first-order valence-electron chi connectivity index (χ1n) is 9.53. The minimum absolute atomic E-state index is 0. The molecule has 1 aliphatic rings. The number of hydrogen-bond donors (Lipinski definition) is 0. The van der Waals surface area contributed by atoms with Crippen molar-refractivity contribution in [1.29, 1.82) is 0 Å². The van der Waals surface area contributed by atoms with E-state index in [1.807, 2.05) is 48.5 Å². The van der Waals surface area contributed by atoms with Crippen LogP contribution in [-0.2, 0) is 56.7 Å². The van der Waals surface area contributed by atoms with E-state index in [1.165, 1.54) is 27.7 Å². The molecule has 0 aliphatic carbocycles. The molecule has 0 spiro atoms. The molecule has 0 aromatic heterocycles. The maximum absolute atomic E-state index is 10.4. The molecular formula is C22H39F3NO5Y-. The molecule has 187 valence electrons. The second kappa shape index (κ2) is 26.0. The van der Waals surface area contributed by atoms with Crippen molar-refractivity contribution in [3.63, 3.8) is 0 Å². The van der Waals surface area contributed by atoms with Gasteiger partial charge in [0.15, 0.2) is 5.78 Å². The van der Waals surface area contributed by atoms with Crippen LogP contribution in [0.5, 0.6) is 0 Å². The van der Waals surface area contributed by atoms with Crippen molar-refractivity contribution in [2.45, 2.75) is 101 Å². The molecule has 0 N–H and O–H groups in total. The molecule has 0 aromatic rings. The Morgan fingerprint density at radius 1 is 0.969 bits per heavy atom. The van der Waals surface area contributed by atoms with Crippen LogP contribution < -0.4 is 0 Å². The minimum atomic E-state index is -4.76. The maximum atomic E-state index is 10.4. The van der Waals surface area contributed by atoms with Crippen molar-refractivity contribution in [1.82, 2.24) is 0 Å². The average molecular weight is 543 g/mol. The van der Waals surface area contributed by atoms with E-state index in [2.05, 4.69) is 5.16 Å². The van der Waals surface area contributed by atoms with Crippen LogP contribution in [0.15, 0.2) is 16.8 Å². The largest absolute Gasteiger partial charge is 0.533 e. The Bertz CT molecular complexity index is 561. The van der Waals surface area contributed by atoms with Gasteiger partial charge in [-0.25, -0.2) is 13.2 Å². The van der Waals surface area contributed by atoms with Crippen LogP contribution >= 0.6 is 0 Å². The second-order valence-electron chi connectivity index (χ2n) is 7.10. The van der Waals surface area contributed by atoms with Crippen LogP contribution in [0.2, 0.25) is 0 Å². The Balaban J connectivity index is -0.0000000659. The monoisotopic (exact) mass is 543 g/mol. The summed E-state index contributed by atoms with van der Waals surface area (Å²) in [4.78, 5) is 42.7. The number of halogens is 3. The summed E-state index contributed by atoms with van der Waals surface area (Å²) in [6.45, 7) is 21.5. The van der Waals surface area contributed by atoms with Crippen molar-refractivity contribution in [2.75, 3.05) is 0 Å². The second-order valence-corrected chi connectivity index (χ2v) is 7.10. The smallest absolute Gasteiger partial charge is 0.298 e. The Kier molecular flexibility index (Phi) is 36.2. The molecule has 1 heterocycles. The summed E-state index contributed by atoms with van der Waals surface area (Å²) < 4.78 is 31.1. The van der Waals surface area contributed by atoms with Crippen molar-refractivity contribution in [2.24, 2.45) is 5.16 Å². The maximum Gasteiger partial charge on any atom is 0.298 e. The molecule has 10 heteroatoms. The number of allylic oxidation sites excluding steroid dienone is 2. The van der Waals surface area contributed by atoms with Crippen LogP contribution in [0, 0.1) is 0 Å². The number of rotatable bonds is 1. The molecule has 0 saturated heterocycles. The van der Waals surface area contributed by atoms with E-state index in [0.717, 1.165) is 17.7 Å². The van der Waals surface area contributed by atoms with Gasteiger partial charge in [-0.05, 0) is 75.3 Å².